The Morgan fingerprint density at radius 2 is 2.00 bits per heavy atom. The monoisotopic (exact) mass is 276 g/mol. The van der Waals surface area contributed by atoms with Crippen molar-refractivity contribution in [3.63, 3.8) is 0 Å². The minimum Gasteiger partial charge on any atom is -0.480 e. The zero-order chi connectivity index (χ0) is 14.7. The molecule has 0 saturated carbocycles. The lowest BCUT2D eigenvalue weighted by Crippen LogP contribution is -2.42. The minimum absolute atomic E-state index is 0.104. The number of nitrogens with one attached hydrogen (secondary N) is 1. The highest BCUT2D eigenvalue weighted by Gasteiger charge is 2.35. The van der Waals surface area contributed by atoms with E-state index in [4.69, 9.17) is 5.11 Å². The van der Waals surface area contributed by atoms with Crippen LogP contribution >= 0.6 is 0 Å². The molecule has 1 aromatic rings. The summed E-state index contributed by atoms with van der Waals surface area (Å²) in [5, 5.41) is 11.2. The number of carbonyl (C=O) groups is 3. The first-order chi connectivity index (χ1) is 9.49. The molecule has 1 fully saturated rings. The van der Waals surface area contributed by atoms with Gasteiger partial charge in [0.05, 0.1) is 5.92 Å². The molecule has 20 heavy (non-hydrogen) atoms. The molecule has 1 aromatic carbocycles. The lowest BCUT2D eigenvalue weighted by molar-refractivity contribution is -0.141. The van der Waals surface area contributed by atoms with Crippen LogP contribution in [0.2, 0.25) is 0 Å². The van der Waals surface area contributed by atoms with E-state index in [1.165, 1.54) is 6.92 Å². The SMILES string of the molecule is C[C@@H](NC(=O)[C@@H]1CC(=O)N(c2ccccc2)C1)C(=O)O. The van der Waals surface area contributed by atoms with Gasteiger partial charge in [0.15, 0.2) is 0 Å². The molecule has 0 unspecified atom stereocenters. The number of benzene rings is 1. The van der Waals surface area contributed by atoms with Crippen molar-refractivity contribution in [2.24, 2.45) is 5.92 Å². The van der Waals surface area contributed by atoms with Gasteiger partial charge in [-0.25, -0.2) is 0 Å². The maximum Gasteiger partial charge on any atom is 0.325 e. The Morgan fingerprint density at radius 1 is 1.35 bits per heavy atom. The molecule has 1 saturated heterocycles. The quantitative estimate of drug-likeness (QED) is 0.844. The highest BCUT2D eigenvalue weighted by Crippen LogP contribution is 2.24. The van der Waals surface area contributed by atoms with Gasteiger partial charge in [-0.3, -0.25) is 14.4 Å². The van der Waals surface area contributed by atoms with Crippen LogP contribution in [-0.2, 0) is 14.4 Å². The van der Waals surface area contributed by atoms with E-state index in [1.807, 2.05) is 18.2 Å². The van der Waals surface area contributed by atoms with Crippen LogP contribution in [-0.4, -0.2) is 35.5 Å². The number of hydrogen-bond acceptors (Lipinski definition) is 3. The van der Waals surface area contributed by atoms with Crippen molar-refractivity contribution in [1.82, 2.24) is 5.32 Å². The molecule has 0 radical (unpaired) electrons. The van der Waals surface area contributed by atoms with Gasteiger partial charge in [0, 0.05) is 18.7 Å². The average molecular weight is 276 g/mol. The van der Waals surface area contributed by atoms with E-state index in [0.29, 0.717) is 0 Å². The fraction of sp³-hybridized carbons (Fsp3) is 0.357. The number of carboxylic acids is 1. The molecular weight excluding hydrogens is 260 g/mol. The first-order valence-electron chi connectivity index (χ1n) is 6.37. The van der Waals surface area contributed by atoms with E-state index in [-0.39, 0.29) is 18.9 Å². The Kier molecular flexibility index (Phi) is 4.02. The van der Waals surface area contributed by atoms with Gasteiger partial charge in [-0.15, -0.1) is 0 Å². The average Bonchev–Trinajstić information content (AvgIpc) is 2.81. The summed E-state index contributed by atoms with van der Waals surface area (Å²) in [6, 6.07) is 8.15. The fourth-order valence-corrected chi connectivity index (χ4v) is 2.13. The molecule has 1 aliphatic rings. The van der Waals surface area contributed by atoms with Crippen LogP contribution in [0.5, 0.6) is 0 Å². The number of aliphatic carboxylic acids is 1. The number of hydrogen-bond donors (Lipinski definition) is 2. The lowest BCUT2D eigenvalue weighted by atomic mass is 10.1. The van der Waals surface area contributed by atoms with Gasteiger partial charge in [-0.05, 0) is 19.1 Å². The molecule has 6 nitrogen and oxygen atoms in total. The number of amides is 2. The van der Waals surface area contributed by atoms with Gasteiger partial charge >= 0.3 is 5.97 Å². The fourth-order valence-electron chi connectivity index (χ4n) is 2.13. The number of rotatable bonds is 4. The topological polar surface area (TPSA) is 86.7 Å². The van der Waals surface area contributed by atoms with Crippen LogP contribution < -0.4 is 10.2 Å². The number of carbonyl (C=O) groups excluding carboxylic acids is 2. The van der Waals surface area contributed by atoms with Crippen molar-refractivity contribution in [3.05, 3.63) is 30.3 Å². The Morgan fingerprint density at radius 3 is 2.60 bits per heavy atom. The number of para-hydroxylation sites is 1. The largest absolute Gasteiger partial charge is 0.480 e. The Balaban J connectivity index is 2.02. The van der Waals surface area contributed by atoms with Crippen LogP contribution in [0.1, 0.15) is 13.3 Å². The van der Waals surface area contributed by atoms with Crippen LogP contribution in [0.25, 0.3) is 0 Å². The van der Waals surface area contributed by atoms with Crippen molar-refractivity contribution in [2.45, 2.75) is 19.4 Å². The second-order valence-electron chi connectivity index (χ2n) is 4.81. The van der Waals surface area contributed by atoms with E-state index >= 15 is 0 Å². The number of carboxylic acid groups (broad SMARTS) is 1. The predicted octanol–water partition coefficient (Wildman–Crippen LogP) is 0.629. The van der Waals surface area contributed by atoms with Crippen LogP contribution in [0.4, 0.5) is 5.69 Å². The number of anilines is 1. The molecule has 2 rings (SSSR count). The van der Waals surface area contributed by atoms with Crippen molar-refractivity contribution in [1.29, 1.82) is 0 Å². The second kappa shape index (κ2) is 5.73. The molecule has 1 aliphatic heterocycles. The van der Waals surface area contributed by atoms with Gasteiger partial charge in [0.25, 0.3) is 0 Å². The summed E-state index contributed by atoms with van der Waals surface area (Å²) in [5.74, 6) is -2.13. The Hall–Kier alpha value is -2.37. The molecule has 2 N–H and O–H groups in total. The minimum atomic E-state index is -1.09. The van der Waals surface area contributed by atoms with Gasteiger partial charge in [0.2, 0.25) is 11.8 Å². The summed E-state index contributed by atoms with van der Waals surface area (Å²) in [4.78, 5) is 36.1. The van der Waals surface area contributed by atoms with Crippen LogP contribution in [0.15, 0.2) is 30.3 Å². The van der Waals surface area contributed by atoms with Gasteiger partial charge in [-0.1, -0.05) is 18.2 Å². The smallest absolute Gasteiger partial charge is 0.325 e. The zero-order valence-corrected chi connectivity index (χ0v) is 11.1. The normalized spacial score (nSPS) is 19.8. The highest BCUT2D eigenvalue weighted by molar-refractivity contribution is 6.00. The summed E-state index contributed by atoms with van der Waals surface area (Å²) in [7, 11) is 0. The molecule has 1 heterocycles. The third-order valence-corrected chi connectivity index (χ3v) is 3.29. The zero-order valence-electron chi connectivity index (χ0n) is 11.1. The van der Waals surface area contributed by atoms with Gasteiger partial charge in [-0.2, -0.15) is 0 Å². The second-order valence-corrected chi connectivity index (χ2v) is 4.81. The molecular formula is C14H16N2O4. The summed E-state index contributed by atoms with van der Waals surface area (Å²) in [6.45, 7) is 1.67. The predicted molar refractivity (Wildman–Crippen MR) is 72.1 cm³/mol. The summed E-state index contributed by atoms with van der Waals surface area (Å²) in [6.07, 6.45) is 0.104. The molecule has 0 bridgehead atoms. The first-order valence-corrected chi connectivity index (χ1v) is 6.37. The molecule has 0 aliphatic carbocycles. The van der Waals surface area contributed by atoms with Crippen LogP contribution in [0, 0.1) is 5.92 Å². The first kappa shape index (κ1) is 14.0. The van der Waals surface area contributed by atoms with Crippen molar-refractivity contribution >= 4 is 23.5 Å². The van der Waals surface area contributed by atoms with E-state index < -0.39 is 23.8 Å². The highest BCUT2D eigenvalue weighted by atomic mass is 16.4. The van der Waals surface area contributed by atoms with E-state index in [0.717, 1.165) is 5.69 Å². The van der Waals surface area contributed by atoms with E-state index in [9.17, 15) is 14.4 Å². The Labute approximate surface area is 116 Å². The Bertz CT molecular complexity index is 529. The molecule has 2 amide bonds. The van der Waals surface area contributed by atoms with E-state index in [2.05, 4.69) is 5.32 Å². The molecule has 106 valence electrons. The van der Waals surface area contributed by atoms with Crippen molar-refractivity contribution in [2.75, 3.05) is 11.4 Å². The van der Waals surface area contributed by atoms with Gasteiger partial charge in [0.1, 0.15) is 6.04 Å². The lowest BCUT2D eigenvalue weighted by Gasteiger charge is -2.17. The summed E-state index contributed by atoms with van der Waals surface area (Å²) in [5.41, 5.74) is 0.749. The summed E-state index contributed by atoms with van der Waals surface area (Å²) >= 11 is 0. The molecule has 0 spiro atoms. The maximum absolute atomic E-state index is 11.9. The van der Waals surface area contributed by atoms with Crippen molar-refractivity contribution < 1.29 is 19.5 Å². The van der Waals surface area contributed by atoms with E-state index in [1.54, 1.807) is 17.0 Å². The maximum atomic E-state index is 11.9. The number of nitrogens with zero attached hydrogens (tertiary/aromatic N) is 1. The third kappa shape index (κ3) is 2.96. The standard InChI is InChI=1S/C14H16N2O4/c1-9(14(19)20)15-13(18)10-7-12(17)16(8-10)11-5-3-2-4-6-11/h2-6,9-10H,7-8H2,1H3,(H,15,18)(H,19,20)/t9-,10-/m1/s1. The van der Waals surface area contributed by atoms with Crippen LogP contribution in [0.3, 0.4) is 0 Å². The molecule has 0 aromatic heterocycles. The van der Waals surface area contributed by atoms with Crippen molar-refractivity contribution in [3.8, 4) is 0 Å². The molecule has 6 heteroatoms. The summed E-state index contributed by atoms with van der Waals surface area (Å²) < 4.78 is 0. The van der Waals surface area contributed by atoms with Gasteiger partial charge < -0.3 is 15.3 Å². The molecule has 2 atom stereocenters. The third-order valence-electron chi connectivity index (χ3n) is 3.29.